The standard InChI is InChI=1S/C19H24N2O5S/c1-25-16-10-8-15(9-11-16)12-13-21(27(3,23)24)14-19(22)20-17-6-4-5-7-18(17)26-2/h4-11H,12-14H2,1-3H3,(H,20,22). The van der Waals surface area contributed by atoms with Gasteiger partial charge in [-0.25, -0.2) is 8.42 Å². The molecule has 0 radical (unpaired) electrons. The molecular weight excluding hydrogens is 368 g/mol. The van der Waals surface area contributed by atoms with Crippen molar-refractivity contribution >= 4 is 21.6 Å². The van der Waals surface area contributed by atoms with Crippen molar-refractivity contribution in [2.75, 3.05) is 38.9 Å². The quantitative estimate of drug-likeness (QED) is 0.707. The Morgan fingerprint density at radius 1 is 1.04 bits per heavy atom. The summed E-state index contributed by atoms with van der Waals surface area (Å²) in [6.07, 6.45) is 1.58. The maximum Gasteiger partial charge on any atom is 0.239 e. The van der Waals surface area contributed by atoms with Crippen molar-refractivity contribution in [3.05, 3.63) is 54.1 Å². The minimum atomic E-state index is -3.53. The summed E-state index contributed by atoms with van der Waals surface area (Å²) in [4.78, 5) is 12.3. The zero-order chi connectivity index (χ0) is 19.9. The summed E-state index contributed by atoms with van der Waals surface area (Å²) in [6, 6.07) is 14.3. The lowest BCUT2D eigenvalue weighted by Crippen LogP contribution is -2.38. The molecule has 0 atom stereocenters. The molecule has 0 saturated carbocycles. The van der Waals surface area contributed by atoms with Crippen LogP contribution in [0.1, 0.15) is 5.56 Å². The van der Waals surface area contributed by atoms with Gasteiger partial charge in [-0.2, -0.15) is 4.31 Å². The van der Waals surface area contributed by atoms with Crippen molar-refractivity contribution < 1.29 is 22.7 Å². The van der Waals surface area contributed by atoms with Gasteiger partial charge >= 0.3 is 0 Å². The van der Waals surface area contributed by atoms with E-state index in [9.17, 15) is 13.2 Å². The number of methoxy groups -OCH3 is 2. The minimum Gasteiger partial charge on any atom is -0.497 e. The summed E-state index contributed by atoms with van der Waals surface area (Å²) in [6.45, 7) is -0.0719. The number of ether oxygens (including phenoxy) is 2. The van der Waals surface area contributed by atoms with Gasteiger partial charge in [0, 0.05) is 6.54 Å². The second kappa shape index (κ2) is 9.38. The summed E-state index contributed by atoms with van der Waals surface area (Å²) in [5.74, 6) is 0.810. The predicted molar refractivity (Wildman–Crippen MR) is 105 cm³/mol. The van der Waals surface area contributed by atoms with Crippen LogP contribution in [0, 0.1) is 0 Å². The van der Waals surface area contributed by atoms with Crippen LogP contribution in [-0.2, 0) is 21.2 Å². The van der Waals surface area contributed by atoms with E-state index in [1.807, 2.05) is 24.3 Å². The van der Waals surface area contributed by atoms with Gasteiger partial charge in [-0.15, -0.1) is 0 Å². The molecule has 0 aromatic heterocycles. The van der Waals surface area contributed by atoms with Gasteiger partial charge in [0.1, 0.15) is 11.5 Å². The molecule has 7 nitrogen and oxygen atoms in total. The fraction of sp³-hybridized carbons (Fsp3) is 0.316. The topological polar surface area (TPSA) is 84.9 Å². The van der Waals surface area contributed by atoms with Gasteiger partial charge in [0.15, 0.2) is 0 Å². The fourth-order valence-electron chi connectivity index (χ4n) is 2.51. The van der Waals surface area contributed by atoms with Crippen LogP contribution in [0.15, 0.2) is 48.5 Å². The Morgan fingerprint density at radius 3 is 2.30 bits per heavy atom. The van der Waals surface area contributed by atoms with Crippen molar-refractivity contribution in [3.63, 3.8) is 0 Å². The molecule has 0 aliphatic rings. The predicted octanol–water partition coefficient (Wildman–Crippen LogP) is 2.15. The normalized spacial score (nSPS) is 11.3. The lowest BCUT2D eigenvalue weighted by atomic mass is 10.1. The maximum atomic E-state index is 12.3. The molecule has 0 fully saturated rings. The van der Waals surface area contributed by atoms with E-state index < -0.39 is 15.9 Å². The molecule has 2 rings (SSSR count). The van der Waals surface area contributed by atoms with Crippen LogP contribution in [0.3, 0.4) is 0 Å². The number of nitrogens with zero attached hydrogens (tertiary/aromatic N) is 1. The highest BCUT2D eigenvalue weighted by Gasteiger charge is 2.20. The summed E-state index contributed by atoms with van der Waals surface area (Å²) >= 11 is 0. The monoisotopic (exact) mass is 392 g/mol. The molecule has 0 unspecified atom stereocenters. The lowest BCUT2D eigenvalue weighted by molar-refractivity contribution is -0.116. The minimum absolute atomic E-state index is 0.199. The zero-order valence-electron chi connectivity index (χ0n) is 15.6. The summed E-state index contributed by atoms with van der Waals surface area (Å²) in [5.41, 5.74) is 1.45. The largest absolute Gasteiger partial charge is 0.497 e. The van der Waals surface area contributed by atoms with E-state index >= 15 is 0 Å². The molecule has 0 heterocycles. The van der Waals surface area contributed by atoms with E-state index in [0.717, 1.165) is 21.9 Å². The molecule has 0 aliphatic heterocycles. The number of nitrogens with one attached hydrogen (secondary N) is 1. The number of amides is 1. The number of para-hydroxylation sites is 2. The molecule has 146 valence electrons. The maximum absolute atomic E-state index is 12.3. The number of carbonyl (C=O) groups excluding carboxylic acids is 1. The Morgan fingerprint density at radius 2 is 1.70 bits per heavy atom. The summed E-state index contributed by atoms with van der Waals surface area (Å²) in [5, 5.41) is 2.69. The second-order valence-electron chi connectivity index (χ2n) is 5.94. The first-order chi connectivity index (χ1) is 12.8. The third kappa shape index (κ3) is 6.26. The smallest absolute Gasteiger partial charge is 0.239 e. The fourth-order valence-corrected chi connectivity index (χ4v) is 3.28. The Hall–Kier alpha value is -2.58. The summed E-state index contributed by atoms with van der Waals surface area (Å²) in [7, 11) is -0.448. The number of rotatable bonds is 9. The molecular formula is C19H24N2O5S. The average Bonchev–Trinajstić information content (AvgIpc) is 2.65. The van der Waals surface area contributed by atoms with Crippen molar-refractivity contribution in [2.45, 2.75) is 6.42 Å². The van der Waals surface area contributed by atoms with E-state index in [-0.39, 0.29) is 13.1 Å². The van der Waals surface area contributed by atoms with Gasteiger partial charge < -0.3 is 14.8 Å². The van der Waals surface area contributed by atoms with Crippen molar-refractivity contribution in [1.29, 1.82) is 0 Å². The van der Waals surface area contributed by atoms with Gasteiger partial charge in [-0.1, -0.05) is 24.3 Å². The highest BCUT2D eigenvalue weighted by Crippen LogP contribution is 2.23. The van der Waals surface area contributed by atoms with E-state index in [4.69, 9.17) is 9.47 Å². The molecule has 0 bridgehead atoms. The van der Waals surface area contributed by atoms with Crippen LogP contribution in [0.2, 0.25) is 0 Å². The van der Waals surface area contributed by atoms with E-state index in [1.54, 1.807) is 31.4 Å². The molecule has 8 heteroatoms. The SMILES string of the molecule is COc1ccc(CCN(CC(=O)Nc2ccccc2OC)S(C)(=O)=O)cc1. The molecule has 2 aromatic rings. The average molecular weight is 392 g/mol. The molecule has 0 spiro atoms. The van der Waals surface area contributed by atoms with E-state index in [0.29, 0.717) is 17.9 Å². The molecule has 2 aromatic carbocycles. The van der Waals surface area contributed by atoms with E-state index in [1.165, 1.54) is 7.11 Å². The van der Waals surface area contributed by atoms with Crippen LogP contribution in [0.5, 0.6) is 11.5 Å². The van der Waals surface area contributed by atoms with Gasteiger partial charge in [0.05, 0.1) is 32.7 Å². The highest BCUT2D eigenvalue weighted by atomic mass is 32.2. The van der Waals surface area contributed by atoms with Gasteiger partial charge in [0.2, 0.25) is 15.9 Å². The number of carbonyl (C=O) groups is 1. The zero-order valence-corrected chi connectivity index (χ0v) is 16.5. The Balaban J connectivity index is 2.02. The van der Waals surface area contributed by atoms with Crippen LogP contribution in [-0.4, -0.2) is 52.2 Å². The Kier molecular flexibility index (Phi) is 7.20. The van der Waals surface area contributed by atoms with Crippen molar-refractivity contribution in [2.24, 2.45) is 0 Å². The van der Waals surface area contributed by atoms with Crippen LogP contribution in [0.4, 0.5) is 5.69 Å². The van der Waals surface area contributed by atoms with Crippen molar-refractivity contribution in [1.82, 2.24) is 4.31 Å². The second-order valence-corrected chi connectivity index (χ2v) is 7.93. The van der Waals surface area contributed by atoms with E-state index in [2.05, 4.69) is 5.32 Å². The highest BCUT2D eigenvalue weighted by molar-refractivity contribution is 7.88. The first-order valence-electron chi connectivity index (χ1n) is 8.34. The number of anilines is 1. The van der Waals surface area contributed by atoms with Gasteiger partial charge in [0.25, 0.3) is 0 Å². The molecule has 1 amide bonds. The number of sulfonamides is 1. The third-order valence-corrected chi connectivity index (χ3v) is 5.23. The van der Waals surface area contributed by atoms with Crippen LogP contribution >= 0.6 is 0 Å². The number of hydrogen-bond donors (Lipinski definition) is 1. The molecule has 27 heavy (non-hydrogen) atoms. The molecule has 0 aliphatic carbocycles. The molecule has 1 N–H and O–H groups in total. The van der Waals surface area contributed by atoms with Gasteiger partial charge in [-0.3, -0.25) is 4.79 Å². The number of hydrogen-bond acceptors (Lipinski definition) is 5. The first kappa shape index (κ1) is 20.7. The lowest BCUT2D eigenvalue weighted by Gasteiger charge is -2.20. The number of benzene rings is 2. The summed E-state index contributed by atoms with van der Waals surface area (Å²) < 4.78 is 35.6. The third-order valence-electron chi connectivity index (χ3n) is 3.98. The Bertz CT molecular complexity index is 866. The van der Waals surface area contributed by atoms with Gasteiger partial charge in [-0.05, 0) is 36.2 Å². The van der Waals surface area contributed by atoms with Crippen LogP contribution in [0.25, 0.3) is 0 Å². The Labute approximate surface area is 160 Å². The first-order valence-corrected chi connectivity index (χ1v) is 10.2. The van der Waals surface area contributed by atoms with Crippen LogP contribution < -0.4 is 14.8 Å². The molecule has 0 saturated heterocycles. The van der Waals surface area contributed by atoms with Crippen molar-refractivity contribution in [3.8, 4) is 11.5 Å².